The van der Waals surface area contributed by atoms with E-state index < -0.39 is 0 Å². The molecule has 0 aromatic carbocycles. The molecular weight excluding hydrogens is 146 g/mol. The molecule has 1 heterocycles. The van der Waals surface area contributed by atoms with Crippen molar-refractivity contribution in [1.29, 1.82) is 0 Å². The molecule has 1 saturated heterocycles. The van der Waals surface area contributed by atoms with Gasteiger partial charge in [-0.2, -0.15) is 0 Å². The summed E-state index contributed by atoms with van der Waals surface area (Å²) in [5.41, 5.74) is 0. The van der Waals surface area contributed by atoms with E-state index in [0.717, 1.165) is 18.0 Å². The minimum atomic E-state index is 0.988. The lowest BCUT2D eigenvalue weighted by Crippen LogP contribution is -2.06. The van der Waals surface area contributed by atoms with Crippen molar-refractivity contribution in [2.45, 2.75) is 58.0 Å². The highest BCUT2D eigenvalue weighted by Gasteiger charge is 2.49. The van der Waals surface area contributed by atoms with E-state index in [2.05, 4.69) is 18.7 Å². The molecule has 1 heteroatoms. The van der Waals surface area contributed by atoms with Crippen molar-refractivity contribution in [3.63, 3.8) is 0 Å². The van der Waals surface area contributed by atoms with Gasteiger partial charge in [-0.15, -0.1) is 0 Å². The Hall–Kier alpha value is -0.0400. The Kier molecular flexibility index (Phi) is 2.40. The minimum Gasteiger partial charge on any atom is -0.294 e. The molecule has 0 radical (unpaired) electrons. The van der Waals surface area contributed by atoms with Crippen LogP contribution in [0.5, 0.6) is 0 Å². The predicted molar refractivity (Wildman–Crippen MR) is 52.2 cm³/mol. The molecule has 0 spiro atoms. The summed E-state index contributed by atoms with van der Waals surface area (Å²) < 4.78 is 0. The molecule has 1 nitrogen and oxygen atoms in total. The molecule has 4 unspecified atom stereocenters. The van der Waals surface area contributed by atoms with Crippen molar-refractivity contribution >= 4 is 0 Å². The van der Waals surface area contributed by atoms with Gasteiger partial charge in [-0.05, 0) is 25.2 Å². The van der Waals surface area contributed by atoms with Crippen molar-refractivity contribution in [2.24, 2.45) is 5.92 Å². The lowest BCUT2D eigenvalue weighted by atomic mass is 10.2. The van der Waals surface area contributed by atoms with E-state index in [-0.39, 0.29) is 0 Å². The largest absolute Gasteiger partial charge is 0.294 e. The molecule has 1 aliphatic carbocycles. The third-order valence-electron chi connectivity index (χ3n) is 3.35. The van der Waals surface area contributed by atoms with Crippen LogP contribution in [0.4, 0.5) is 0 Å². The molecule has 0 amide bonds. The van der Waals surface area contributed by atoms with Crippen LogP contribution in [0.3, 0.4) is 0 Å². The van der Waals surface area contributed by atoms with Gasteiger partial charge in [0.2, 0.25) is 0 Å². The van der Waals surface area contributed by atoms with Gasteiger partial charge in [0.25, 0.3) is 0 Å². The van der Waals surface area contributed by atoms with E-state index in [0.29, 0.717) is 0 Å². The minimum absolute atomic E-state index is 0.988. The molecule has 2 fully saturated rings. The molecule has 70 valence electrons. The number of nitrogens with zero attached hydrogens (tertiary/aromatic N) is 1. The molecule has 0 aromatic rings. The van der Waals surface area contributed by atoms with Gasteiger partial charge in [0.15, 0.2) is 0 Å². The van der Waals surface area contributed by atoms with Gasteiger partial charge in [-0.3, -0.25) is 4.90 Å². The van der Waals surface area contributed by atoms with Gasteiger partial charge >= 0.3 is 0 Å². The maximum Gasteiger partial charge on any atom is 0.0227 e. The van der Waals surface area contributed by atoms with E-state index in [1.807, 2.05) is 0 Å². The highest BCUT2D eigenvalue weighted by atomic mass is 15.3. The van der Waals surface area contributed by atoms with Crippen LogP contribution in [0.25, 0.3) is 0 Å². The van der Waals surface area contributed by atoms with Crippen molar-refractivity contribution < 1.29 is 0 Å². The summed E-state index contributed by atoms with van der Waals surface area (Å²) in [4.78, 5) is 2.73. The Labute approximate surface area is 76.1 Å². The zero-order valence-electron chi connectivity index (χ0n) is 8.42. The lowest BCUT2D eigenvalue weighted by molar-refractivity contribution is 0.446. The third-order valence-corrected chi connectivity index (χ3v) is 3.35. The smallest absolute Gasteiger partial charge is 0.0227 e. The molecule has 2 rings (SSSR count). The second-order valence-corrected chi connectivity index (χ2v) is 4.49. The first-order valence-corrected chi connectivity index (χ1v) is 5.62. The molecule has 1 aliphatic heterocycles. The number of hydrogen-bond donors (Lipinski definition) is 0. The van der Waals surface area contributed by atoms with Crippen molar-refractivity contribution in [1.82, 2.24) is 4.90 Å². The van der Waals surface area contributed by atoms with Gasteiger partial charge in [-0.1, -0.05) is 26.7 Å². The first-order valence-electron chi connectivity index (χ1n) is 5.62. The number of rotatable bonds is 5. The average Bonchev–Trinajstić information content (AvgIpc) is 2.85. The Morgan fingerprint density at radius 3 is 2.58 bits per heavy atom. The van der Waals surface area contributed by atoms with Crippen LogP contribution in [-0.4, -0.2) is 23.5 Å². The Bertz CT molecular complexity index is 137. The standard InChI is InChI=1S/C11H21N/c1-3-5-9-7-11(9)12-8-10(12)6-4-2/h9-11H,3-8H2,1-2H3. The zero-order valence-corrected chi connectivity index (χ0v) is 8.42. The van der Waals surface area contributed by atoms with Crippen LogP contribution in [-0.2, 0) is 0 Å². The SMILES string of the molecule is CCCC1CC1N1CC1CCC. The quantitative estimate of drug-likeness (QED) is 0.569. The van der Waals surface area contributed by atoms with Gasteiger partial charge in [0.05, 0.1) is 0 Å². The fourth-order valence-electron chi connectivity index (χ4n) is 2.51. The van der Waals surface area contributed by atoms with E-state index >= 15 is 0 Å². The molecular formula is C11H21N. The van der Waals surface area contributed by atoms with Crippen molar-refractivity contribution in [3.8, 4) is 0 Å². The summed E-state index contributed by atoms with van der Waals surface area (Å²) in [5.74, 6) is 1.08. The third kappa shape index (κ3) is 1.66. The van der Waals surface area contributed by atoms with Crippen LogP contribution in [0.1, 0.15) is 46.0 Å². The normalized spacial score (nSPS) is 44.5. The van der Waals surface area contributed by atoms with Crippen molar-refractivity contribution in [3.05, 3.63) is 0 Å². The number of hydrogen-bond acceptors (Lipinski definition) is 1. The molecule has 0 N–H and O–H groups in total. The topological polar surface area (TPSA) is 3.01 Å². The zero-order chi connectivity index (χ0) is 8.55. The average molecular weight is 167 g/mol. The Balaban J connectivity index is 1.64. The Morgan fingerprint density at radius 1 is 1.17 bits per heavy atom. The van der Waals surface area contributed by atoms with Gasteiger partial charge in [0, 0.05) is 18.6 Å². The molecule has 4 atom stereocenters. The molecule has 0 aromatic heterocycles. The monoisotopic (exact) mass is 167 g/mol. The second kappa shape index (κ2) is 3.37. The summed E-state index contributed by atoms with van der Waals surface area (Å²) in [6.07, 6.45) is 7.17. The second-order valence-electron chi connectivity index (χ2n) is 4.49. The van der Waals surface area contributed by atoms with Gasteiger partial charge in [0.1, 0.15) is 0 Å². The van der Waals surface area contributed by atoms with Crippen LogP contribution < -0.4 is 0 Å². The van der Waals surface area contributed by atoms with Gasteiger partial charge < -0.3 is 0 Å². The maximum atomic E-state index is 2.73. The fourth-order valence-corrected chi connectivity index (χ4v) is 2.51. The van der Waals surface area contributed by atoms with Crippen LogP contribution in [0, 0.1) is 5.92 Å². The highest BCUT2D eigenvalue weighted by molar-refractivity contribution is 5.04. The van der Waals surface area contributed by atoms with Crippen LogP contribution >= 0.6 is 0 Å². The first-order chi connectivity index (χ1) is 5.86. The van der Waals surface area contributed by atoms with E-state index in [9.17, 15) is 0 Å². The van der Waals surface area contributed by atoms with Crippen LogP contribution in [0.2, 0.25) is 0 Å². The molecule has 1 saturated carbocycles. The summed E-state index contributed by atoms with van der Waals surface area (Å²) in [6.45, 7) is 6.02. The summed E-state index contributed by atoms with van der Waals surface area (Å²) in [5, 5.41) is 0. The predicted octanol–water partition coefficient (Wildman–Crippen LogP) is 2.66. The molecule has 12 heavy (non-hydrogen) atoms. The van der Waals surface area contributed by atoms with E-state index in [1.54, 1.807) is 0 Å². The summed E-state index contributed by atoms with van der Waals surface area (Å²) in [6, 6.07) is 2.00. The van der Waals surface area contributed by atoms with E-state index in [1.165, 1.54) is 38.6 Å². The van der Waals surface area contributed by atoms with Crippen LogP contribution in [0.15, 0.2) is 0 Å². The van der Waals surface area contributed by atoms with E-state index in [4.69, 9.17) is 0 Å². The fraction of sp³-hybridized carbons (Fsp3) is 1.00. The lowest BCUT2D eigenvalue weighted by Gasteiger charge is -2.00. The van der Waals surface area contributed by atoms with Crippen molar-refractivity contribution in [2.75, 3.05) is 6.54 Å². The first kappa shape index (κ1) is 8.55. The maximum absolute atomic E-state index is 2.73. The summed E-state index contributed by atoms with van der Waals surface area (Å²) >= 11 is 0. The highest BCUT2D eigenvalue weighted by Crippen LogP contribution is 2.45. The molecule has 2 aliphatic rings. The molecule has 0 bridgehead atoms. The Morgan fingerprint density at radius 2 is 1.92 bits per heavy atom. The van der Waals surface area contributed by atoms with Gasteiger partial charge in [-0.25, -0.2) is 0 Å². The summed E-state index contributed by atoms with van der Waals surface area (Å²) in [7, 11) is 0.